The Morgan fingerprint density at radius 3 is 3.00 bits per heavy atom. The van der Waals surface area contributed by atoms with Crippen LogP contribution in [0, 0.1) is 0 Å². The van der Waals surface area contributed by atoms with Gasteiger partial charge in [0.15, 0.2) is 6.61 Å². The topological polar surface area (TPSA) is 81.1 Å². The molecule has 1 aromatic carbocycles. The second-order valence-electron chi connectivity index (χ2n) is 6.25. The lowest BCUT2D eigenvalue weighted by Gasteiger charge is -2.18. The van der Waals surface area contributed by atoms with Crippen molar-refractivity contribution in [3.8, 4) is 17.0 Å². The van der Waals surface area contributed by atoms with Crippen molar-refractivity contribution in [2.75, 3.05) is 11.9 Å². The van der Waals surface area contributed by atoms with Gasteiger partial charge in [-0.05, 0) is 44.2 Å². The molecule has 138 valence electrons. The standard InChI is InChI=1S/C19H18N4O3S/c1-12(2)21-19-23(20-9-14-4-3-7-25-14)16(11-27-19)13-5-6-17-15(8-13)22-18(24)10-26-17/h3-9,11-12H,10H2,1-2H3,(H,22,24). The van der Waals surface area contributed by atoms with Gasteiger partial charge in [-0.2, -0.15) is 5.10 Å². The van der Waals surface area contributed by atoms with Gasteiger partial charge < -0.3 is 14.5 Å². The van der Waals surface area contributed by atoms with E-state index in [1.807, 2.05) is 49.6 Å². The van der Waals surface area contributed by atoms with Crippen molar-refractivity contribution in [1.29, 1.82) is 0 Å². The molecule has 7 nitrogen and oxygen atoms in total. The number of thiazole rings is 1. The predicted octanol–water partition coefficient (Wildman–Crippen LogP) is 3.33. The number of hydrogen-bond acceptors (Lipinski definition) is 6. The molecule has 3 heterocycles. The molecule has 4 rings (SSSR count). The number of nitrogens with one attached hydrogen (secondary N) is 1. The van der Waals surface area contributed by atoms with Gasteiger partial charge in [0.1, 0.15) is 11.5 Å². The molecule has 0 saturated heterocycles. The molecule has 8 heteroatoms. The summed E-state index contributed by atoms with van der Waals surface area (Å²) >= 11 is 1.51. The van der Waals surface area contributed by atoms with E-state index in [0.29, 0.717) is 17.2 Å². The van der Waals surface area contributed by atoms with E-state index in [-0.39, 0.29) is 18.6 Å². The molecule has 0 spiro atoms. The number of anilines is 1. The molecule has 27 heavy (non-hydrogen) atoms. The second kappa shape index (κ2) is 7.24. The highest BCUT2D eigenvalue weighted by molar-refractivity contribution is 7.07. The third-order valence-corrected chi connectivity index (χ3v) is 4.64. The van der Waals surface area contributed by atoms with Crippen LogP contribution < -0.4 is 14.9 Å². The van der Waals surface area contributed by atoms with Gasteiger partial charge in [0.25, 0.3) is 5.91 Å². The van der Waals surface area contributed by atoms with Crippen LogP contribution in [0.5, 0.6) is 5.75 Å². The van der Waals surface area contributed by atoms with Crippen LogP contribution in [0.2, 0.25) is 0 Å². The third-order valence-electron chi connectivity index (χ3n) is 3.81. The highest BCUT2D eigenvalue weighted by Crippen LogP contribution is 2.32. The fourth-order valence-corrected chi connectivity index (χ4v) is 3.61. The van der Waals surface area contributed by atoms with Crippen molar-refractivity contribution in [1.82, 2.24) is 4.68 Å². The normalized spacial score (nSPS) is 14.5. The Morgan fingerprint density at radius 1 is 1.33 bits per heavy atom. The van der Waals surface area contributed by atoms with E-state index in [9.17, 15) is 4.79 Å². The Balaban J connectivity index is 1.80. The Bertz CT molecular complexity index is 1060. The first-order valence-electron chi connectivity index (χ1n) is 8.49. The Morgan fingerprint density at radius 2 is 2.22 bits per heavy atom. The average molecular weight is 382 g/mol. The summed E-state index contributed by atoms with van der Waals surface area (Å²) in [7, 11) is 0. The van der Waals surface area contributed by atoms with Gasteiger partial charge in [0, 0.05) is 17.0 Å². The second-order valence-corrected chi connectivity index (χ2v) is 7.08. The average Bonchev–Trinajstić information content (AvgIpc) is 3.28. The first kappa shape index (κ1) is 17.3. The van der Waals surface area contributed by atoms with Crippen molar-refractivity contribution in [3.05, 3.63) is 52.5 Å². The number of benzene rings is 1. The van der Waals surface area contributed by atoms with Crippen LogP contribution in [0.4, 0.5) is 5.69 Å². The van der Waals surface area contributed by atoms with Crippen molar-refractivity contribution in [2.45, 2.75) is 19.9 Å². The number of rotatable bonds is 4. The van der Waals surface area contributed by atoms with Crippen molar-refractivity contribution >= 4 is 29.1 Å². The highest BCUT2D eigenvalue weighted by atomic mass is 32.1. The van der Waals surface area contributed by atoms with Gasteiger partial charge in [0.2, 0.25) is 4.80 Å². The van der Waals surface area contributed by atoms with E-state index in [2.05, 4.69) is 15.4 Å². The maximum absolute atomic E-state index is 11.6. The van der Waals surface area contributed by atoms with Gasteiger partial charge in [0.05, 0.1) is 23.9 Å². The molecule has 0 aliphatic carbocycles. The zero-order valence-electron chi connectivity index (χ0n) is 14.9. The summed E-state index contributed by atoms with van der Waals surface area (Å²) in [4.78, 5) is 17.0. The van der Waals surface area contributed by atoms with Crippen LogP contribution in [0.3, 0.4) is 0 Å². The fourth-order valence-electron chi connectivity index (χ4n) is 2.64. The van der Waals surface area contributed by atoms with E-state index in [4.69, 9.17) is 9.15 Å². The number of ether oxygens (including phenoxy) is 1. The molecule has 0 bridgehead atoms. The zero-order valence-corrected chi connectivity index (χ0v) is 15.7. The number of carbonyl (C=O) groups excluding carboxylic acids is 1. The summed E-state index contributed by atoms with van der Waals surface area (Å²) < 4.78 is 12.5. The number of fused-ring (bicyclic) bond motifs is 1. The van der Waals surface area contributed by atoms with Crippen LogP contribution in [-0.4, -0.2) is 29.4 Å². The monoisotopic (exact) mass is 382 g/mol. The lowest BCUT2D eigenvalue weighted by molar-refractivity contribution is -0.118. The Hall–Kier alpha value is -3.13. The molecular formula is C19H18N4O3S. The summed E-state index contributed by atoms with van der Waals surface area (Å²) in [6.45, 7) is 4.08. The number of aromatic nitrogens is 1. The molecular weight excluding hydrogens is 364 g/mol. The molecule has 0 saturated carbocycles. The number of furan rings is 1. The fraction of sp³-hybridized carbons (Fsp3) is 0.211. The molecule has 1 N–H and O–H groups in total. The first-order valence-corrected chi connectivity index (χ1v) is 9.37. The number of amides is 1. The molecule has 0 fully saturated rings. The molecule has 0 unspecified atom stereocenters. The molecule has 1 amide bonds. The largest absolute Gasteiger partial charge is 0.482 e. The van der Waals surface area contributed by atoms with Crippen LogP contribution in [0.25, 0.3) is 11.3 Å². The van der Waals surface area contributed by atoms with Crippen LogP contribution in [-0.2, 0) is 4.79 Å². The number of hydrogen-bond donors (Lipinski definition) is 1. The van der Waals surface area contributed by atoms with Crippen molar-refractivity contribution < 1.29 is 13.9 Å². The van der Waals surface area contributed by atoms with Crippen molar-refractivity contribution in [2.24, 2.45) is 10.1 Å². The quantitative estimate of drug-likeness (QED) is 0.703. The minimum Gasteiger partial charge on any atom is -0.482 e. The van der Waals surface area contributed by atoms with E-state index < -0.39 is 0 Å². The van der Waals surface area contributed by atoms with E-state index in [1.165, 1.54) is 11.3 Å². The molecule has 0 atom stereocenters. The van der Waals surface area contributed by atoms with Crippen LogP contribution in [0.15, 0.2) is 56.5 Å². The molecule has 1 aliphatic heterocycles. The predicted molar refractivity (Wildman–Crippen MR) is 104 cm³/mol. The lowest BCUT2D eigenvalue weighted by atomic mass is 10.1. The maximum Gasteiger partial charge on any atom is 0.262 e. The molecule has 3 aromatic rings. The minimum atomic E-state index is -0.163. The van der Waals surface area contributed by atoms with E-state index in [1.54, 1.807) is 17.2 Å². The Labute approximate surface area is 159 Å². The smallest absolute Gasteiger partial charge is 0.262 e. The van der Waals surface area contributed by atoms with Crippen LogP contribution in [0.1, 0.15) is 19.6 Å². The number of carbonyl (C=O) groups is 1. The molecule has 0 radical (unpaired) electrons. The van der Waals surface area contributed by atoms with Gasteiger partial charge in [-0.25, -0.2) is 4.68 Å². The lowest BCUT2D eigenvalue weighted by Crippen LogP contribution is -2.25. The van der Waals surface area contributed by atoms with Gasteiger partial charge >= 0.3 is 0 Å². The van der Waals surface area contributed by atoms with Crippen molar-refractivity contribution in [3.63, 3.8) is 0 Å². The minimum absolute atomic E-state index is 0.0374. The van der Waals surface area contributed by atoms with Gasteiger partial charge in [-0.3, -0.25) is 9.79 Å². The Kier molecular flexibility index (Phi) is 4.64. The summed E-state index contributed by atoms with van der Waals surface area (Å²) in [5.74, 6) is 1.15. The summed E-state index contributed by atoms with van der Waals surface area (Å²) in [6, 6.07) is 9.45. The van der Waals surface area contributed by atoms with E-state index >= 15 is 0 Å². The summed E-state index contributed by atoms with van der Waals surface area (Å²) in [6.07, 6.45) is 3.25. The summed E-state index contributed by atoms with van der Waals surface area (Å²) in [5, 5.41) is 9.39. The molecule has 1 aliphatic rings. The first-order chi connectivity index (χ1) is 13.1. The maximum atomic E-state index is 11.6. The SMILES string of the molecule is CC(C)N=c1scc(-c2ccc3c(c2)NC(=O)CO3)n1N=Cc1ccco1. The highest BCUT2D eigenvalue weighted by Gasteiger charge is 2.17. The van der Waals surface area contributed by atoms with Crippen LogP contribution >= 0.6 is 11.3 Å². The summed E-state index contributed by atoms with van der Waals surface area (Å²) in [5.41, 5.74) is 2.42. The van der Waals surface area contributed by atoms with Gasteiger partial charge in [-0.1, -0.05) is 0 Å². The molecule has 2 aromatic heterocycles. The van der Waals surface area contributed by atoms with Gasteiger partial charge in [-0.15, -0.1) is 11.3 Å². The zero-order chi connectivity index (χ0) is 18.8. The van der Waals surface area contributed by atoms with E-state index in [0.717, 1.165) is 16.1 Å². The third kappa shape index (κ3) is 3.70. The number of nitrogens with zero attached hydrogens (tertiary/aromatic N) is 3.